The first-order valence-corrected chi connectivity index (χ1v) is 13.3. The summed E-state index contributed by atoms with van der Waals surface area (Å²) < 4.78 is 0. The number of rotatable bonds is 16. The van der Waals surface area contributed by atoms with E-state index in [-0.39, 0.29) is 11.5 Å². The van der Waals surface area contributed by atoms with Gasteiger partial charge in [0, 0.05) is 0 Å². The average molecular weight is 443 g/mol. The van der Waals surface area contributed by atoms with Gasteiger partial charge in [0.15, 0.2) is 0 Å². The van der Waals surface area contributed by atoms with E-state index < -0.39 is 0 Å². The summed E-state index contributed by atoms with van der Waals surface area (Å²) in [6.07, 6.45) is 17.5. The summed E-state index contributed by atoms with van der Waals surface area (Å²) in [5.74, 6) is 0.579. The number of hydrogen-bond acceptors (Lipinski definition) is 3. The molecule has 0 aromatic heterocycles. The SMILES string of the molecule is CCCCCCCCc1ccc(O)c(Sc2cc(CCCCCCCC)ccc2O)c1. The molecule has 0 aliphatic heterocycles. The van der Waals surface area contributed by atoms with E-state index in [0.717, 1.165) is 22.6 Å². The number of phenols is 2. The van der Waals surface area contributed by atoms with E-state index in [2.05, 4.69) is 26.0 Å². The van der Waals surface area contributed by atoms with Gasteiger partial charge in [-0.15, -0.1) is 0 Å². The molecule has 0 radical (unpaired) electrons. The molecule has 2 nitrogen and oxygen atoms in total. The van der Waals surface area contributed by atoms with Crippen LogP contribution in [0.2, 0.25) is 0 Å². The number of unbranched alkanes of at least 4 members (excludes halogenated alkanes) is 10. The number of aromatic hydroxyl groups is 2. The molecule has 0 amide bonds. The predicted molar refractivity (Wildman–Crippen MR) is 134 cm³/mol. The smallest absolute Gasteiger partial charge is 0.129 e. The first kappa shape index (κ1) is 25.6. The molecule has 0 spiro atoms. The topological polar surface area (TPSA) is 40.5 Å². The first-order valence-electron chi connectivity index (χ1n) is 12.5. The third-order valence-corrected chi connectivity index (χ3v) is 7.00. The molecule has 0 unspecified atom stereocenters. The van der Waals surface area contributed by atoms with E-state index in [1.165, 1.54) is 99.9 Å². The Labute approximate surface area is 194 Å². The minimum Gasteiger partial charge on any atom is -0.507 e. The van der Waals surface area contributed by atoms with Gasteiger partial charge in [-0.05, 0) is 61.1 Å². The van der Waals surface area contributed by atoms with Crippen LogP contribution in [-0.4, -0.2) is 10.2 Å². The third-order valence-electron chi connectivity index (χ3n) is 5.91. The van der Waals surface area contributed by atoms with Crippen LogP contribution in [-0.2, 0) is 12.8 Å². The van der Waals surface area contributed by atoms with E-state index in [1.807, 2.05) is 12.1 Å². The zero-order valence-electron chi connectivity index (χ0n) is 19.7. The molecule has 172 valence electrons. The van der Waals surface area contributed by atoms with Crippen molar-refractivity contribution in [2.75, 3.05) is 0 Å². The van der Waals surface area contributed by atoms with Gasteiger partial charge in [0.2, 0.25) is 0 Å². The van der Waals surface area contributed by atoms with Gasteiger partial charge in [-0.2, -0.15) is 0 Å². The number of aryl methyl sites for hydroxylation is 2. The summed E-state index contributed by atoms with van der Waals surface area (Å²) in [6.45, 7) is 4.50. The Morgan fingerprint density at radius 3 is 1.35 bits per heavy atom. The lowest BCUT2D eigenvalue weighted by molar-refractivity contribution is 0.459. The summed E-state index contributed by atoms with van der Waals surface area (Å²) in [5, 5.41) is 20.7. The molecule has 0 atom stereocenters. The molecule has 0 aliphatic carbocycles. The quantitative estimate of drug-likeness (QED) is 0.255. The van der Waals surface area contributed by atoms with Gasteiger partial charge in [0.1, 0.15) is 11.5 Å². The van der Waals surface area contributed by atoms with E-state index in [4.69, 9.17) is 0 Å². The fourth-order valence-corrected chi connectivity index (χ4v) is 4.93. The zero-order chi connectivity index (χ0) is 22.3. The van der Waals surface area contributed by atoms with E-state index >= 15 is 0 Å². The van der Waals surface area contributed by atoms with Gasteiger partial charge in [-0.1, -0.05) is 102 Å². The predicted octanol–water partition coefficient (Wildman–Crippen LogP) is 9.05. The van der Waals surface area contributed by atoms with E-state index in [1.54, 1.807) is 12.1 Å². The van der Waals surface area contributed by atoms with Crippen molar-refractivity contribution in [1.29, 1.82) is 0 Å². The third kappa shape index (κ3) is 10.0. The van der Waals surface area contributed by atoms with Crippen LogP contribution in [0.3, 0.4) is 0 Å². The maximum atomic E-state index is 10.4. The second kappa shape index (κ2) is 15.2. The van der Waals surface area contributed by atoms with Crippen LogP contribution in [0, 0.1) is 0 Å². The van der Waals surface area contributed by atoms with Gasteiger partial charge >= 0.3 is 0 Å². The fourth-order valence-electron chi connectivity index (χ4n) is 3.93. The van der Waals surface area contributed by atoms with Crippen LogP contribution in [0.5, 0.6) is 11.5 Å². The second-order valence-corrected chi connectivity index (χ2v) is 9.83. The van der Waals surface area contributed by atoms with E-state index in [0.29, 0.717) is 0 Å². The monoisotopic (exact) mass is 442 g/mol. The van der Waals surface area contributed by atoms with Crippen molar-refractivity contribution in [3.63, 3.8) is 0 Å². The molecule has 3 heteroatoms. The van der Waals surface area contributed by atoms with Crippen molar-refractivity contribution >= 4 is 11.8 Å². The van der Waals surface area contributed by atoms with Crippen LogP contribution in [0.15, 0.2) is 46.2 Å². The first-order chi connectivity index (χ1) is 15.1. The average Bonchev–Trinajstić information content (AvgIpc) is 2.77. The molecule has 2 aromatic rings. The van der Waals surface area contributed by atoms with Crippen LogP contribution in [0.1, 0.15) is 102 Å². The Hall–Kier alpha value is -1.61. The molecule has 0 bridgehead atoms. The minimum absolute atomic E-state index is 0.289. The highest BCUT2D eigenvalue weighted by atomic mass is 32.2. The zero-order valence-corrected chi connectivity index (χ0v) is 20.5. The molecule has 0 aliphatic rings. The second-order valence-electron chi connectivity index (χ2n) is 8.74. The fraction of sp³-hybridized carbons (Fsp3) is 0.571. The standard InChI is InChI=1S/C28H42O2S/c1-3-5-7-9-11-13-15-23-17-19-25(29)27(21-23)31-28-22-24(18-20-26(28)30)16-14-12-10-8-6-4-2/h17-22,29-30H,3-16H2,1-2H3. The highest BCUT2D eigenvalue weighted by molar-refractivity contribution is 7.99. The van der Waals surface area contributed by atoms with Crippen LogP contribution in [0.25, 0.3) is 0 Å². The highest BCUT2D eigenvalue weighted by Gasteiger charge is 2.10. The van der Waals surface area contributed by atoms with Crippen molar-refractivity contribution < 1.29 is 10.2 Å². The normalized spacial score (nSPS) is 11.2. The van der Waals surface area contributed by atoms with Crippen molar-refractivity contribution in [3.05, 3.63) is 47.5 Å². The molecule has 31 heavy (non-hydrogen) atoms. The Morgan fingerprint density at radius 1 is 0.548 bits per heavy atom. The molecule has 0 saturated heterocycles. The molecule has 0 saturated carbocycles. The summed E-state index contributed by atoms with van der Waals surface area (Å²) in [4.78, 5) is 1.66. The van der Waals surface area contributed by atoms with Crippen LogP contribution in [0.4, 0.5) is 0 Å². The van der Waals surface area contributed by atoms with Gasteiger partial charge < -0.3 is 10.2 Å². The Balaban J connectivity index is 1.90. The number of phenolic OH excluding ortho intramolecular Hbond substituents is 2. The van der Waals surface area contributed by atoms with Crippen LogP contribution < -0.4 is 0 Å². The Morgan fingerprint density at radius 2 is 0.935 bits per heavy atom. The molecular weight excluding hydrogens is 400 g/mol. The molecule has 2 rings (SSSR count). The van der Waals surface area contributed by atoms with Crippen LogP contribution >= 0.6 is 11.8 Å². The Bertz CT molecular complexity index is 693. The Kier molecular flexibility index (Phi) is 12.6. The molecule has 2 aromatic carbocycles. The number of benzene rings is 2. The van der Waals surface area contributed by atoms with Gasteiger partial charge in [-0.25, -0.2) is 0 Å². The van der Waals surface area contributed by atoms with Crippen molar-refractivity contribution in [2.45, 2.75) is 114 Å². The summed E-state index contributed by atoms with van der Waals surface area (Å²) in [6, 6.07) is 11.8. The maximum absolute atomic E-state index is 10.4. The van der Waals surface area contributed by atoms with E-state index in [9.17, 15) is 10.2 Å². The largest absolute Gasteiger partial charge is 0.507 e. The van der Waals surface area contributed by atoms with Gasteiger partial charge in [-0.3, -0.25) is 0 Å². The number of hydrogen-bond donors (Lipinski definition) is 2. The lowest BCUT2D eigenvalue weighted by Crippen LogP contribution is -1.89. The maximum Gasteiger partial charge on any atom is 0.129 e. The lowest BCUT2D eigenvalue weighted by Gasteiger charge is -2.11. The summed E-state index contributed by atoms with van der Waals surface area (Å²) in [5.41, 5.74) is 2.53. The molecule has 0 fully saturated rings. The minimum atomic E-state index is 0.289. The summed E-state index contributed by atoms with van der Waals surface area (Å²) >= 11 is 1.47. The van der Waals surface area contributed by atoms with Gasteiger partial charge in [0.25, 0.3) is 0 Å². The van der Waals surface area contributed by atoms with Crippen molar-refractivity contribution in [3.8, 4) is 11.5 Å². The van der Waals surface area contributed by atoms with Crippen molar-refractivity contribution in [1.82, 2.24) is 0 Å². The molecular formula is C28H42O2S. The van der Waals surface area contributed by atoms with Gasteiger partial charge in [0.05, 0.1) is 9.79 Å². The lowest BCUT2D eigenvalue weighted by atomic mass is 10.0. The molecule has 2 N–H and O–H groups in total. The molecule has 0 heterocycles. The van der Waals surface area contributed by atoms with Crippen molar-refractivity contribution in [2.24, 2.45) is 0 Å². The highest BCUT2D eigenvalue weighted by Crippen LogP contribution is 2.40. The summed E-state index contributed by atoms with van der Waals surface area (Å²) in [7, 11) is 0.